The van der Waals surface area contributed by atoms with Gasteiger partial charge in [-0.3, -0.25) is 9.97 Å². The molecular weight excluding hydrogens is 459 g/mol. The minimum absolute atomic E-state index is 0.387. The van der Waals surface area contributed by atoms with E-state index < -0.39 is 17.2 Å². The summed E-state index contributed by atoms with van der Waals surface area (Å²) in [6, 6.07) is 25.8. The third-order valence-electron chi connectivity index (χ3n) is 7.22. The monoisotopic (exact) mass is 477 g/mol. The molecule has 0 bridgehead atoms. The summed E-state index contributed by atoms with van der Waals surface area (Å²) in [4.78, 5) is 9.10. The van der Waals surface area contributed by atoms with E-state index >= 15 is 0 Å². The Balaban J connectivity index is 1.43. The highest BCUT2D eigenvalue weighted by atomic mass is 19.4. The zero-order valence-corrected chi connectivity index (χ0v) is 18.8. The minimum Gasteiger partial charge on any atom is -0.355 e. The van der Waals surface area contributed by atoms with E-state index in [1.165, 1.54) is 6.07 Å². The zero-order chi connectivity index (χ0) is 24.5. The fraction of sp³-hybridized carbons (Fsp3) is 0.0667. The van der Waals surface area contributed by atoms with Crippen LogP contribution >= 0.6 is 0 Å². The SMILES string of the molecule is FC(F)(F)c1cccc(Nc2ccc3c(c2)-c2ccccc2C32c3ccncc3-c3ncccc32)c1. The van der Waals surface area contributed by atoms with Gasteiger partial charge in [0.25, 0.3) is 0 Å². The van der Waals surface area contributed by atoms with E-state index in [1.807, 2.05) is 42.7 Å². The molecule has 7 rings (SSSR count). The number of nitrogens with zero attached hydrogens (tertiary/aromatic N) is 2. The lowest BCUT2D eigenvalue weighted by molar-refractivity contribution is -0.137. The summed E-state index contributed by atoms with van der Waals surface area (Å²) in [6.45, 7) is 0. The van der Waals surface area contributed by atoms with Gasteiger partial charge in [-0.1, -0.05) is 42.5 Å². The van der Waals surface area contributed by atoms with Gasteiger partial charge in [-0.15, -0.1) is 0 Å². The van der Waals surface area contributed by atoms with Crippen molar-refractivity contribution in [3.8, 4) is 22.4 Å². The van der Waals surface area contributed by atoms with Crippen LogP contribution in [0.15, 0.2) is 104 Å². The Bertz CT molecular complexity index is 1630. The summed E-state index contributed by atoms with van der Waals surface area (Å²) in [5.74, 6) is 0. The van der Waals surface area contributed by atoms with Gasteiger partial charge in [0, 0.05) is 35.5 Å². The van der Waals surface area contributed by atoms with E-state index in [-0.39, 0.29) is 0 Å². The van der Waals surface area contributed by atoms with E-state index in [4.69, 9.17) is 4.98 Å². The smallest absolute Gasteiger partial charge is 0.355 e. The third-order valence-corrected chi connectivity index (χ3v) is 7.22. The molecule has 0 amide bonds. The molecule has 1 unspecified atom stereocenters. The lowest BCUT2D eigenvalue weighted by atomic mass is 9.71. The summed E-state index contributed by atoms with van der Waals surface area (Å²) in [7, 11) is 0. The second-order valence-corrected chi connectivity index (χ2v) is 9.08. The normalized spacial score (nSPS) is 16.9. The number of hydrogen-bond acceptors (Lipinski definition) is 3. The van der Waals surface area contributed by atoms with Crippen LogP contribution in [0.3, 0.4) is 0 Å². The first-order valence-corrected chi connectivity index (χ1v) is 11.6. The van der Waals surface area contributed by atoms with E-state index in [0.717, 1.165) is 62.5 Å². The Morgan fingerprint density at radius 2 is 1.42 bits per heavy atom. The van der Waals surface area contributed by atoms with Crippen molar-refractivity contribution in [1.29, 1.82) is 0 Å². The predicted octanol–water partition coefficient (Wildman–Crippen LogP) is 7.58. The number of rotatable bonds is 2. The molecule has 1 atom stereocenters. The number of anilines is 2. The third kappa shape index (κ3) is 2.75. The minimum atomic E-state index is -4.40. The van der Waals surface area contributed by atoms with Crippen LogP contribution < -0.4 is 5.32 Å². The van der Waals surface area contributed by atoms with E-state index in [9.17, 15) is 13.2 Å². The summed E-state index contributed by atoms with van der Waals surface area (Å²) in [5, 5.41) is 3.17. The predicted molar refractivity (Wildman–Crippen MR) is 133 cm³/mol. The van der Waals surface area contributed by atoms with Gasteiger partial charge in [-0.05, 0) is 75.8 Å². The molecule has 5 aromatic rings. The fourth-order valence-corrected chi connectivity index (χ4v) is 5.86. The van der Waals surface area contributed by atoms with Crippen molar-refractivity contribution >= 4 is 11.4 Å². The maximum absolute atomic E-state index is 13.2. The van der Waals surface area contributed by atoms with Crippen LogP contribution in [-0.2, 0) is 11.6 Å². The number of alkyl halides is 3. The first-order chi connectivity index (χ1) is 17.5. The molecule has 3 nitrogen and oxygen atoms in total. The van der Waals surface area contributed by atoms with Gasteiger partial charge in [0.2, 0.25) is 0 Å². The molecule has 2 aromatic heterocycles. The highest BCUT2D eigenvalue weighted by Crippen LogP contribution is 2.62. The lowest BCUT2D eigenvalue weighted by Crippen LogP contribution is -2.25. The summed E-state index contributed by atoms with van der Waals surface area (Å²) in [6.07, 6.45) is 1.10. The summed E-state index contributed by atoms with van der Waals surface area (Å²) in [5.41, 5.74) is 8.51. The van der Waals surface area contributed by atoms with Crippen molar-refractivity contribution in [2.24, 2.45) is 0 Å². The molecule has 1 spiro atoms. The van der Waals surface area contributed by atoms with Crippen LogP contribution in [0.5, 0.6) is 0 Å². The molecule has 0 aliphatic heterocycles. The largest absolute Gasteiger partial charge is 0.416 e. The summed E-state index contributed by atoms with van der Waals surface area (Å²) < 4.78 is 39.7. The van der Waals surface area contributed by atoms with Crippen LogP contribution in [0.2, 0.25) is 0 Å². The molecule has 0 fully saturated rings. The molecule has 2 heterocycles. The lowest BCUT2D eigenvalue weighted by Gasteiger charge is -2.30. The van der Waals surface area contributed by atoms with Crippen LogP contribution in [0, 0.1) is 0 Å². The number of aromatic nitrogens is 2. The van der Waals surface area contributed by atoms with Gasteiger partial charge in [0.15, 0.2) is 0 Å². The maximum atomic E-state index is 13.2. The van der Waals surface area contributed by atoms with Crippen molar-refractivity contribution in [3.05, 3.63) is 131 Å². The molecule has 1 N–H and O–H groups in total. The Kier molecular flexibility index (Phi) is 4.22. The van der Waals surface area contributed by atoms with Gasteiger partial charge in [0.05, 0.1) is 16.7 Å². The number of halogens is 3. The topological polar surface area (TPSA) is 37.8 Å². The molecule has 0 saturated heterocycles. The molecule has 0 saturated carbocycles. The summed E-state index contributed by atoms with van der Waals surface area (Å²) >= 11 is 0. The Hall–Kier alpha value is -4.45. The van der Waals surface area contributed by atoms with Crippen LogP contribution in [-0.4, -0.2) is 9.97 Å². The van der Waals surface area contributed by atoms with Gasteiger partial charge in [-0.25, -0.2) is 0 Å². The number of hydrogen-bond donors (Lipinski definition) is 1. The number of pyridine rings is 2. The average molecular weight is 477 g/mol. The van der Waals surface area contributed by atoms with E-state index in [1.54, 1.807) is 12.3 Å². The molecule has 2 aliphatic carbocycles. The number of nitrogens with one attached hydrogen (secondary N) is 1. The quantitative estimate of drug-likeness (QED) is 0.279. The van der Waals surface area contributed by atoms with Crippen molar-refractivity contribution < 1.29 is 13.2 Å². The molecule has 2 aliphatic rings. The van der Waals surface area contributed by atoms with Gasteiger partial charge >= 0.3 is 6.18 Å². The second-order valence-electron chi connectivity index (χ2n) is 9.08. The van der Waals surface area contributed by atoms with E-state index in [0.29, 0.717) is 5.69 Å². The molecular formula is C30H18F3N3. The van der Waals surface area contributed by atoms with E-state index in [2.05, 4.69) is 40.6 Å². The second kappa shape index (κ2) is 7.28. The maximum Gasteiger partial charge on any atom is 0.416 e. The highest BCUT2D eigenvalue weighted by molar-refractivity contribution is 5.94. The fourth-order valence-electron chi connectivity index (χ4n) is 5.86. The van der Waals surface area contributed by atoms with Crippen LogP contribution in [0.4, 0.5) is 24.5 Å². The zero-order valence-electron chi connectivity index (χ0n) is 18.8. The molecule has 174 valence electrons. The molecule has 0 radical (unpaired) electrons. The Morgan fingerprint density at radius 1 is 0.639 bits per heavy atom. The van der Waals surface area contributed by atoms with Crippen LogP contribution in [0.1, 0.15) is 27.8 Å². The standard InChI is InChI=1S/C30H18F3N3/c31-30(32,33)18-5-3-6-19(15-18)36-20-10-11-25-22(16-20)21-7-1-2-8-24(21)29(25)26-12-14-34-17-23(26)28-27(29)9-4-13-35-28/h1-17,36H. The Morgan fingerprint density at radius 3 is 2.31 bits per heavy atom. The average Bonchev–Trinajstić information content (AvgIpc) is 3.36. The number of fused-ring (bicyclic) bond motifs is 10. The molecule has 36 heavy (non-hydrogen) atoms. The van der Waals surface area contributed by atoms with Crippen molar-refractivity contribution in [3.63, 3.8) is 0 Å². The van der Waals surface area contributed by atoms with Crippen molar-refractivity contribution in [2.45, 2.75) is 11.6 Å². The molecule has 3 aromatic carbocycles. The first-order valence-electron chi connectivity index (χ1n) is 11.6. The number of benzene rings is 3. The van der Waals surface area contributed by atoms with Gasteiger partial charge < -0.3 is 5.32 Å². The van der Waals surface area contributed by atoms with Crippen LogP contribution in [0.25, 0.3) is 22.4 Å². The van der Waals surface area contributed by atoms with Crippen molar-refractivity contribution in [2.75, 3.05) is 5.32 Å². The van der Waals surface area contributed by atoms with Gasteiger partial charge in [0.1, 0.15) is 0 Å². The Labute approximate surface area is 205 Å². The highest BCUT2D eigenvalue weighted by Gasteiger charge is 2.52. The first kappa shape index (κ1) is 20.9. The van der Waals surface area contributed by atoms with Crippen molar-refractivity contribution in [1.82, 2.24) is 9.97 Å². The van der Waals surface area contributed by atoms with Gasteiger partial charge in [-0.2, -0.15) is 13.2 Å². The molecule has 6 heteroatoms.